The number of ketones is 1. The molecular formula is C3H8KNaO. The van der Waals surface area contributed by atoms with E-state index in [9.17, 15) is 4.79 Å². The van der Waals surface area contributed by atoms with Gasteiger partial charge in [0.1, 0.15) is 5.78 Å². The predicted molar refractivity (Wildman–Crippen MR) is 18.6 cm³/mol. The van der Waals surface area contributed by atoms with Crippen LogP contribution in [0.2, 0.25) is 0 Å². The summed E-state index contributed by atoms with van der Waals surface area (Å²) in [6.07, 6.45) is 0. The molecule has 0 rings (SSSR count). The van der Waals surface area contributed by atoms with Crippen LogP contribution in [0.3, 0.4) is 0 Å². The minimum absolute atomic E-state index is 0. The third-order valence-corrected chi connectivity index (χ3v) is 0. The minimum atomic E-state index is 0. The quantitative estimate of drug-likeness (QED) is 0.294. The molecule has 0 spiro atoms. The summed E-state index contributed by atoms with van der Waals surface area (Å²) in [4.78, 5) is 9.44. The van der Waals surface area contributed by atoms with Crippen LogP contribution in [0.5, 0.6) is 0 Å². The van der Waals surface area contributed by atoms with Gasteiger partial charge in [0.05, 0.1) is 0 Å². The fourth-order valence-electron chi connectivity index (χ4n) is 0. The predicted octanol–water partition coefficient (Wildman–Crippen LogP) is -5.17. The van der Waals surface area contributed by atoms with Gasteiger partial charge in [-0.2, -0.15) is 0 Å². The standard InChI is InChI=1S/C3H6O.K.Na.2H/c1-3(2)4;;;;/h1-2H3;;;;/q;2*+1;2*-1. The van der Waals surface area contributed by atoms with Crippen LogP contribution in [0.25, 0.3) is 0 Å². The van der Waals surface area contributed by atoms with E-state index in [2.05, 4.69) is 0 Å². The second kappa shape index (κ2) is 10.3. The molecule has 0 aliphatic rings. The first-order valence-electron chi connectivity index (χ1n) is 1.20. The topological polar surface area (TPSA) is 17.1 Å². The number of Topliss-reactive ketones (excluding diaryl/α,β-unsaturated/α-hetero) is 1. The normalized spacial score (nSPS) is 4.33. The van der Waals surface area contributed by atoms with Crippen molar-refractivity contribution in [2.75, 3.05) is 0 Å². The number of hydrogen-bond donors (Lipinski definition) is 0. The first-order chi connectivity index (χ1) is 1.73. The molecule has 0 atom stereocenters. The van der Waals surface area contributed by atoms with Crippen LogP contribution in [0, 0.1) is 0 Å². The van der Waals surface area contributed by atoms with Crippen molar-refractivity contribution in [3.8, 4) is 0 Å². The van der Waals surface area contributed by atoms with Crippen molar-refractivity contribution >= 4 is 5.78 Å². The van der Waals surface area contributed by atoms with Crippen molar-refractivity contribution in [2.45, 2.75) is 13.8 Å². The Balaban J connectivity index is -0.00000000750. The number of carbonyl (C=O) groups is 1. The van der Waals surface area contributed by atoms with Gasteiger partial charge in [0.25, 0.3) is 0 Å². The van der Waals surface area contributed by atoms with Gasteiger partial charge in [-0.3, -0.25) is 0 Å². The summed E-state index contributed by atoms with van der Waals surface area (Å²) in [6.45, 7) is 3.06. The first kappa shape index (κ1) is 15.7. The van der Waals surface area contributed by atoms with Crippen LogP contribution in [0.1, 0.15) is 16.7 Å². The van der Waals surface area contributed by atoms with Gasteiger partial charge < -0.3 is 7.65 Å². The van der Waals surface area contributed by atoms with E-state index < -0.39 is 0 Å². The van der Waals surface area contributed by atoms with Crippen molar-refractivity contribution in [1.29, 1.82) is 0 Å². The zero-order valence-corrected chi connectivity index (χ0v) is 10.0. The maximum atomic E-state index is 9.44. The third kappa shape index (κ3) is 33.4. The molecule has 0 radical (unpaired) electrons. The van der Waals surface area contributed by atoms with Crippen molar-refractivity contribution in [3.05, 3.63) is 0 Å². The molecule has 0 aromatic heterocycles. The zero-order valence-electron chi connectivity index (χ0n) is 6.91. The van der Waals surface area contributed by atoms with Gasteiger partial charge in [-0.05, 0) is 13.8 Å². The van der Waals surface area contributed by atoms with Crippen molar-refractivity contribution in [3.63, 3.8) is 0 Å². The Kier molecular flexibility index (Phi) is 27.1. The second-order valence-electron chi connectivity index (χ2n) is 0.908. The molecule has 0 aliphatic carbocycles. The minimum Gasteiger partial charge on any atom is -1.00 e. The molecule has 0 unspecified atom stereocenters. The van der Waals surface area contributed by atoms with Crippen molar-refractivity contribution in [1.82, 2.24) is 0 Å². The molecular weight excluding hydrogens is 114 g/mol. The number of carbonyl (C=O) groups excluding carboxylic acids is 1. The molecule has 0 fully saturated rings. The summed E-state index contributed by atoms with van der Waals surface area (Å²) >= 11 is 0. The molecule has 0 aromatic rings. The molecule has 1 nitrogen and oxygen atoms in total. The van der Waals surface area contributed by atoms with Crippen LogP contribution < -0.4 is 80.9 Å². The third-order valence-electron chi connectivity index (χ3n) is 0. The zero-order chi connectivity index (χ0) is 3.58. The van der Waals surface area contributed by atoms with E-state index in [0.717, 1.165) is 0 Å². The van der Waals surface area contributed by atoms with Gasteiger partial charge >= 0.3 is 80.9 Å². The Morgan fingerprint density at radius 3 is 1.50 bits per heavy atom. The molecule has 6 heavy (non-hydrogen) atoms. The Labute approximate surface area is 106 Å². The van der Waals surface area contributed by atoms with E-state index in [1.807, 2.05) is 0 Å². The maximum absolute atomic E-state index is 9.44. The smallest absolute Gasteiger partial charge is 1.00 e. The average Bonchev–Trinajstić information content (AvgIpc) is 0.811. The first-order valence-corrected chi connectivity index (χ1v) is 1.20. The Hall–Kier alpha value is 2.31. The summed E-state index contributed by atoms with van der Waals surface area (Å²) in [5.41, 5.74) is 0. The fourth-order valence-corrected chi connectivity index (χ4v) is 0. The van der Waals surface area contributed by atoms with E-state index in [0.29, 0.717) is 0 Å². The molecule has 0 N–H and O–H groups in total. The Bertz CT molecular complexity index is 40.3. The van der Waals surface area contributed by atoms with E-state index >= 15 is 0 Å². The van der Waals surface area contributed by atoms with Gasteiger partial charge in [-0.15, -0.1) is 0 Å². The monoisotopic (exact) mass is 122 g/mol. The van der Waals surface area contributed by atoms with Gasteiger partial charge in [-0.25, -0.2) is 0 Å². The Morgan fingerprint density at radius 1 is 1.50 bits per heavy atom. The molecule has 3 heteroatoms. The van der Waals surface area contributed by atoms with Crippen LogP contribution in [-0.2, 0) is 4.79 Å². The van der Waals surface area contributed by atoms with Gasteiger partial charge in [0.15, 0.2) is 0 Å². The number of hydrogen-bond acceptors (Lipinski definition) is 1. The maximum Gasteiger partial charge on any atom is 1.00 e. The largest absolute Gasteiger partial charge is 1.00 e. The van der Waals surface area contributed by atoms with Gasteiger partial charge in [0, 0.05) is 0 Å². The SMILES string of the molecule is CC(C)=O.[H-].[H-].[K+].[Na+]. The Morgan fingerprint density at radius 2 is 1.50 bits per heavy atom. The molecule has 0 heterocycles. The number of rotatable bonds is 0. The van der Waals surface area contributed by atoms with Crippen LogP contribution >= 0.6 is 0 Å². The molecule has 28 valence electrons. The fraction of sp³-hybridized carbons (Fsp3) is 0.667. The average molecular weight is 122 g/mol. The van der Waals surface area contributed by atoms with Crippen LogP contribution in [0.4, 0.5) is 0 Å². The molecule has 0 aliphatic heterocycles. The van der Waals surface area contributed by atoms with Gasteiger partial charge in [-0.1, -0.05) is 0 Å². The summed E-state index contributed by atoms with van der Waals surface area (Å²) in [7, 11) is 0. The van der Waals surface area contributed by atoms with E-state index in [1.54, 1.807) is 0 Å². The van der Waals surface area contributed by atoms with Crippen molar-refractivity contribution in [2.24, 2.45) is 0 Å². The molecule has 0 saturated heterocycles. The van der Waals surface area contributed by atoms with Gasteiger partial charge in [0.2, 0.25) is 0 Å². The summed E-state index contributed by atoms with van der Waals surface area (Å²) in [5, 5.41) is 0. The molecule has 0 amide bonds. The molecule has 0 aromatic carbocycles. The molecule has 0 bridgehead atoms. The molecule has 0 saturated carbocycles. The van der Waals surface area contributed by atoms with E-state index in [4.69, 9.17) is 0 Å². The summed E-state index contributed by atoms with van der Waals surface area (Å²) in [6, 6.07) is 0. The summed E-state index contributed by atoms with van der Waals surface area (Å²) in [5.74, 6) is 0.167. The van der Waals surface area contributed by atoms with Crippen LogP contribution in [0.15, 0.2) is 0 Å². The van der Waals surface area contributed by atoms with E-state index in [1.165, 1.54) is 13.8 Å². The van der Waals surface area contributed by atoms with Crippen LogP contribution in [-0.4, -0.2) is 5.78 Å². The second-order valence-corrected chi connectivity index (χ2v) is 0.908. The van der Waals surface area contributed by atoms with Crippen molar-refractivity contribution < 1.29 is 88.6 Å². The summed E-state index contributed by atoms with van der Waals surface area (Å²) < 4.78 is 0. The van der Waals surface area contributed by atoms with E-state index in [-0.39, 0.29) is 89.6 Å².